The summed E-state index contributed by atoms with van der Waals surface area (Å²) < 4.78 is 85.1. The highest BCUT2D eigenvalue weighted by molar-refractivity contribution is 5.79. The first-order chi connectivity index (χ1) is 24.3. The summed E-state index contributed by atoms with van der Waals surface area (Å²) in [6.07, 6.45) is 0.233. The van der Waals surface area contributed by atoms with E-state index in [0.29, 0.717) is 39.0 Å². The van der Waals surface area contributed by atoms with Crippen molar-refractivity contribution in [2.24, 2.45) is 0 Å². The van der Waals surface area contributed by atoms with Gasteiger partial charge >= 0.3 is 17.9 Å². The van der Waals surface area contributed by atoms with Crippen molar-refractivity contribution in [1.29, 1.82) is 0 Å². The SMILES string of the molecule is CCCCOC(=O)[C@@H](CCC(=O)Oc1c(F)c(F)c(F)c(F)c1F)N1CCN(CC(C)=O)CCN(CC(C)=O)CCN(CC(=O)OC(C)(C)C)CC1. The number of esters is 3. The summed E-state index contributed by atoms with van der Waals surface area (Å²) in [5.41, 5.74) is -0.754. The number of unbranched alkanes of at least 4 members (excludes halogenated alkanes) is 1. The summed E-state index contributed by atoms with van der Waals surface area (Å²) in [6.45, 7) is 12.4. The van der Waals surface area contributed by atoms with Crippen molar-refractivity contribution in [3.05, 3.63) is 29.1 Å². The standard InChI is InChI=1S/C35H51F5N4O8/c1-7-8-19-50-34(49)25(9-10-26(47)51-33-31(39)29(37)28(36)30(38)32(33)40)44-17-15-42(21-24(3)46)12-11-41(20-23(2)45)13-14-43(16-18-44)22-27(48)52-35(4,5)6/h25H,7-22H2,1-6H3/t25-/m1/s1. The van der Waals surface area contributed by atoms with Crippen molar-refractivity contribution in [3.8, 4) is 5.75 Å². The van der Waals surface area contributed by atoms with E-state index in [2.05, 4.69) is 4.74 Å². The molecule has 0 aromatic heterocycles. The molecule has 0 amide bonds. The van der Waals surface area contributed by atoms with Crippen LogP contribution < -0.4 is 4.74 Å². The van der Waals surface area contributed by atoms with Crippen LogP contribution in [-0.2, 0) is 33.4 Å². The second-order valence-electron chi connectivity index (χ2n) is 13.8. The number of nitrogens with zero attached hydrogens (tertiary/aromatic N) is 4. The zero-order valence-electron chi connectivity index (χ0n) is 30.8. The summed E-state index contributed by atoms with van der Waals surface area (Å²) in [4.78, 5) is 70.7. The first-order valence-electron chi connectivity index (χ1n) is 17.3. The van der Waals surface area contributed by atoms with Crippen LogP contribution in [0.5, 0.6) is 5.75 Å². The Kier molecular flexibility index (Phi) is 18.2. The fraction of sp³-hybridized carbons (Fsp3) is 0.686. The number of Topliss-reactive ketones (excluding diaryl/α,β-unsaturated/α-hetero) is 2. The van der Waals surface area contributed by atoms with E-state index in [1.807, 2.05) is 16.7 Å². The summed E-state index contributed by atoms with van der Waals surface area (Å²) in [6, 6.07) is -1.15. The lowest BCUT2D eigenvalue weighted by atomic mass is 10.1. The molecule has 1 saturated heterocycles. The molecule has 294 valence electrons. The van der Waals surface area contributed by atoms with Gasteiger partial charge in [-0.2, -0.15) is 8.78 Å². The van der Waals surface area contributed by atoms with E-state index < -0.39 is 70.8 Å². The van der Waals surface area contributed by atoms with Gasteiger partial charge in [-0.1, -0.05) is 13.3 Å². The number of rotatable bonds is 15. The maximum absolute atomic E-state index is 14.2. The van der Waals surface area contributed by atoms with Gasteiger partial charge in [0.25, 0.3) is 0 Å². The highest BCUT2D eigenvalue weighted by Crippen LogP contribution is 2.29. The van der Waals surface area contributed by atoms with Gasteiger partial charge in [0.1, 0.15) is 23.2 Å². The van der Waals surface area contributed by atoms with Crippen LogP contribution in [-0.4, -0.2) is 139 Å². The minimum Gasteiger partial charge on any atom is -0.465 e. The van der Waals surface area contributed by atoms with E-state index in [1.54, 1.807) is 30.6 Å². The van der Waals surface area contributed by atoms with Crippen molar-refractivity contribution in [1.82, 2.24) is 19.6 Å². The smallest absolute Gasteiger partial charge is 0.323 e. The molecule has 0 bridgehead atoms. The molecule has 0 N–H and O–H groups in total. The quantitative estimate of drug-likeness (QED) is 0.0651. The maximum Gasteiger partial charge on any atom is 0.323 e. The Balaban J connectivity index is 2.43. The largest absolute Gasteiger partial charge is 0.465 e. The Morgan fingerprint density at radius 1 is 0.673 bits per heavy atom. The summed E-state index contributed by atoms with van der Waals surface area (Å²) in [5, 5.41) is 0. The molecule has 12 nitrogen and oxygen atoms in total. The van der Waals surface area contributed by atoms with E-state index in [9.17, 15) is 45.9 Å². The van der Waals surface area contributed by atoms with Gasteiger partial charge < -0.3 is 14.2 Å². The Morgan fingerprint density at radius 2 is 1.12 bits per heavy atom. The normalized spacial score (nSPS) is 16.8. The van der Waals surface area contributed by atoms with Gasteiger partial charge in [0.2, 0.25) is 34.8 Å². The average Bonchev–Trinajstić information content (AvgIpc) is 3.04. The van der Waals surface area contributed by atoms with Gasteiger partial charge in [-0.05, 0) is 47.5 Å². The monoisotopic (exact) mass is 750 g/mol. The van der Waals surface area contributed by atoms with Crippen LogP contribution in [0.1, 0.15) is 67.2 Å². The van der Waals surface area contributed by atoms with Gasteiger partial charge in [0.15, 0.2) is 0 Å². The molecule has 1 atom stereocenters. The van der Waals surface area contributed by atoms with Crippen LogP contribution in [0, 0.1) is 29.1 Å². The molecule has 1 aliphatic heterocycles. The third-order valence-electron chi connectivity index (χ3n) is 8.00. The van der Waals surface area contributed by atoms with E-state index in [1.165, 1.54) is 13.8 Å². The molecular weight excluding hydrogens is 699 g/mol. The highest BCUT2D eigenvalue weighted by atomic mass is 19.2. The molecule has 0 unspecified atom stereocenters. The van der Waals surface area contributed by atoms with Gasteiger partial charge in [-0.25, -0.2) is 13.2 Å². The van der Waals surface area contributed by atoms with Gasteiger partial charge in [0.05, 0.1) is 26.2 Å². The molecule has 17 heteroatoms. The summed E-state index contributed by atoms with van der Waals surface area (Å²) >= 11 is 0. The topological polar surface area (TPSA) is 126 Å². The third-order valence-corrected chi connectivity index (χ3v) is 8.00. The minimum atomic E-state index is -2.41. The van der Waals surface area contributed by atoms with Crippen LogP contribution in [0.4, 0.5) is 22.0 Å². The van der Waals surface area contributed by atoms with Crippen LogP contribution in [0.15, 0.2) is 0 Å². The molecule has 1 aliphatic rings. The second kappa shape index (κ2) is 21.2. The molecule has 1 aromatic rings. The number of benzene rings is 1. The zero-order chi connectivity index (χ0) is 39.2. The molecule has 1 fully saturated rings. The third kappa shape index (κ3) is 15.2. The Hall–Kier alpha value is -3.54. The predicted octanol–water partition coefficient (Wildman–Crippen LogP) is 3.52. The van der Waals surface area contributed by atoms with Crippen molar-refractivity contribution >= 4 is 29.5 Å². The molecule has 0 aliphatic carbocycles. The van der Waals surface area contributed by atoms with Crippen LogP contribution in [0.3, 0.4) is 0 Å². The second-order valence-corrected chi connectivity index (χ2v) is 13.8. The lowest BCUT2D eigenvalue weighted by molar-refractivity contribution is -0.157. The number of carbonyl (C=O) groups excluding carboxylic acids is 5. The Bertz CT molecular complexity index is 1380. The highest BCUT2D eigenvalue weighted by Gasteiger charge is 2.32. The number of hydrogen-bond acceptors (Lipinski definition) is 12. The van der Waals surface area contributed by atoms with Crippen molar-refractivity contribution in [3.63, 3.8) is 0 Å². The molecule has 1 heterocycles. The fourth-order valence-electron chi connectivity index (χ4n) is 5.48. The number of carbonyl (C=O) groups is 5. The van der Waals surface area contributed by atoms with Crippen molar-refractivity contribution < 1.29 is 60.1 Å². The van der Waals surface area contributed by atoms with Crippen LogP contribution in [0.2, 0.25) is 0 Å². The van der Waals surface area contributed by atoms with E-state index in [-0.39, 0.29) is 70.4 Å². The Labute approximate surface area is 301 Å². The van der Waals surface area contributed by atoms with Crippen molar-refractivity contribution in [2.75, 3.05) is 78.6 Å². The first-order valence-corrected chi connectivity index (χ1v) is 17.3. The van der Waals surface area contributed by atoms with Crippen LogP contribution >= 0.6 is 0 Å². The zero-order valence-corrected chi connectivity index (χ0v) is 30.8. The number of ether oxygens (including phenoxy) is 3. The molecule has 0 radical (unpaired) electrons. The predicted molar refractivity (Wildman–Crippen MR) is 179 cm³/mol. The van der Waals surface area contributed by atoms with E-state index in [4.69, 9.17) is 9.47 Å². The number of halogens is 5. The molecule has 0 spiro atoms. The van der Waals surface area contributed by atoms with Gasteiger partial charge in [-0.15, -0.1) is 0 Å². The lowest BCUT2D eigenvalue weighted by Crippen LogP contribution is -2.52. The Morgan fingerprint density at radius 3 is 1.56 bits per heavy atom. The fourth-order valence-corrected chi connectivity index (χ4v) is 5.48. The number of hydrogen-bond donors (Lipinski definition) is 0. The lowest BCUT2D eigenvalue weighted by Gasteiger charge is -2.36. The maximum atomic E-state index is 14.2. The summed E-state index contributed by atoms with van der Waals surface area (Å²) in [5.74, 6) is -16.1. The molecule has 2 rings (SSSR count). The first kappa shape index (κ1) is 44.6. The van der Waals surface area contributed by atoms with E-state index >= 15 is 0 Å². The molecule has 52 heavy (non-hydrogen) atoms. The van der Waals surface area contributed by atoms with E-state index in [0.717, 1.165) is 0 Å². The van der Waals surface area contributed by atoms with Crippen LogP contribution in [0.25, 0.3) is 0 Å². The van der Waals surface area contributed by atoms with Gasteiger partial charge in [0, 0.05) is 58.8 Å². The molecule has 0 saturated carbocycles. The average molecular weight is 751 g/mol. The summed E-state index contributed by atoms with van der Waals surface area (Å²) in [7, 11) is 0. The van der Waals surface area contributed by atoms with Crippen molar-refractivity contribution in [2.45, 2.75) is 78.9 Å². The van der Waals surface area contributed by atoms with Gasteiger partial charge in [-0.3, -0.25) is 43.6 Å². The minimum absolute atomic E-state index is 0.0572. The number of ketones is 2. The molecular formula is C35H51F5N4O8. The molecule has 1 aromatic carbocycles.